The van der Waals surface area contributed by atoms with Gasteiger partial charge in [-0.3, -0.25) is 0 Å². The second-order valence-corrected chi connectivity index (χ2v) is 4.53. The smallest absolute Gasteiger partial charge is 0.358 e. The molecule has 1 aromatic carbocycles. The number of halogens is 2. The van der Waals surface area contributed by atoms with E-state index in [0.717, 1.165) is 0 Å². The van der Waals surface area contributed by atoms with Gasteiger partial charge in [0.2, 0.25) is 0 Å². The number of hydrogen-bond donors (Lipinski definition) is 2. The van der Waals surface area contributed by atoms with Crippen molar-refractivity contribution in [2.45, 2.75) is 13.0 Å². The molecule has 2 aromatic rings. The molecular formula is C12H12ClFN4O2. The molecule has 8 heteroatoms. The third kappa shape index (κ3) is 2.94. The molecule has 0 atom stereocenters. The molecule has 0 aliphatic carbocycles. The lowest BCUT2D eigenvalue weighted by atomic mass is 10.2. The van der Waals surface area contributed by atoms with Gasteiger partial charge in [0.1, 0.15) is 5.82 Å². The number of aromatic carboxylic acids is 1. The number of nitrogens with two attached hydrogens (primary N) is 1. The highest BCUT2D eigenvalue weighted by Crippen LogP contribution is 2.19. The van der Waals surface area contributed by atoms with Crippen molar-refractivity contribution >= 4 is 17.6 Å². The number of carbonyl (C=O) groups is 1. The zero-order chi connectivity index (χ0) is 14.7. The van der Waals surface area contributed by atoms with Crippen LogP contribution in [0.4, 0.5) is 4.39 Å². The molecule has 0 bridgehead atoms. The Hall–Kier alpha value is -1.99. The van der Waals surface area contributed by atoms with Gasteiger partial charge in [0.05, 0.1) is 12.2 Å². The number of carboxylic acids is 1. The summed E-state index contributed by atoms with van der Waals surface area (Å²) < 4.78 is 14.4. The van der Waals surface area contributed by atoms with E-state index in [1.54, 1.807) is 0 Å². The van der Waals surface area contributed by atoms with E-state index in [4.69, 9.17) is 22.4 Å². The minimum atomic E-state index is -1.16. The van der Waals surface area contributed by atoms with Gasteiger partial charge in [-0.25, -0.2) is 13.9 Å². The first-order chi connectivity index (χ1) is 9.52. The van der Waals surface area contributed by atoms with Gasteiger partial charge in [-0.2, -0.15) is 0 Å². The van der Waals surface area contributed by atoms with Crippen molar-refractivity contribution in [3.8, 4) is 0 Å². The van der Waals surface area contributed by atoms with E-state index in [2.05, 4.69) is 10.3 Å². The highest BCUT2D eigenvalue weighted by Gasteiger charge is 2.18. The topological polar surface area (TPSA) is 94.0 Å². The number of rotatable bonds is 5. The molecule has 0 unspecified atom stereocenters. The maximum Gasteiger partial charge on any atom is 0.358 e. The van der Waals surface area contributed by atoms with E-state index in [1.807, 2.05) is 0 Å². The predicted octanol–water partition coefficient (Wildman–Crippen LogP) is 1.32. The van der Waals surface area contributed by atoms with Gasteiger partial charge in [0.25, 0.3) is 0 Å². The molecule has 106 valence electrons. The third-order valence-electron chi connectivity index (χ3n) is 2.76. The van der Waals surface area contributed by atoms with Gasteiger partial charge < -0.3 is 10.8 Å². The van der Waals surface area contributed by atoms with Crippen LogP contribution in [-0.2, 0) is 13.0 Å². The van der Waals surface area contributed by atoms with Gasteiger partial charge in [-0.05, 0) is 24.2 Å². The second-order valence-electron chi connectivity index (χ2n) is 4.12. The highest BCUT2D eigenvalue weighted by atomic mass is 35.5. The second kappa shape index (κ2) is 5.98. The monoisotopic (exact) mass is 298 g/mol. The average Bonchev–Trinajstić information content (AvgIpc) is 2.77. The fraction of sp³-hybridized carbons (Fsp3) is 0.250. The van der Waals surface area contributed by atoms with E-state index >= 15 is 0 Å². The quantitative estimate of drug-likeness (QED) is 0.868. The lowest BCUT2D eigenvalue weighted by Crippen LogP contribution is -2.14. The van der Waals surface area contributed by atoms with E-state index in [0.29, 0.717) is 17.7 Å². The minimum absolute atomic E-state index is 0.131. The van der Waals surface area contributed by atoms with Gasteiger partial charge in [0, 0.05) is 11.4 Å². The van der Waals surface area contributed by atoms with Crippen molar-refractivity contribution in [1.29, 1.82) is 0 Å². The maximum atomic E-state index is 13.0. The summed E-state index contributed by atoms with van der Waals surface area (Å²) in [5.74, 6) is -1.60. The molecule has 0 amide bonds. The molecule has 0 aliphatic heterocycles. The summed E-state index contributed by atoms with van der Waals surface area (Å²) in [6.07, 6.45) is 0.327. The van der Waals surface area contributed by atoms with Crippen LogP contribution in [0.2, 0.25) is 5.02 Å². The molecule has 0 fully saturated rings. The van der Waals surface area contributed by atoms with Crippen molar-refractivity contribution in [3.63, 3.8) is 0 Å². The number of hydrogen-bond acceptors (Lipinski definition) is 4. The van der Waals surface area contributed by atoms with Gasteiger partial charge in [-0.15, -0.1) is 5.10 Å². The summed E-state index contributed by atoms with van der Waals surface area (Å²) in [5.41, 5.74) is 6.37. The van der Waals surface area contributed by atoms with Crippen molar-refractivity contribution in [1.82, 2.24) is 15.0 Å². The molecule has 3 N–H and O–H groups in total. The molecule has 20 heavy (non-hydrogen) atoms. The zero-order valence-electron chi connectivity index (χ0n) is 10.4. The molecule has 1 aromatic heterocycles. The first-order valence-electron chi connectivity index (χ1n) is 5.82. The fourth-order valence-corrected chi connectivity index (χ4v) is 2.05. The van der Waals surface area contributed by atoms with Gasteiger partial charge in [0.15, 0.2) is 5.69 Å². The summed E-state index contributed by atoms with van der Waals surface area (Å²) >= 11 is 5.94. The maximum absolute atomic E-state index is 13.0. The molecule has 0 radical (unpaired) electrons. The lowest BCUT2D eigenvalue weighted by molar-refractivity contribution is 0.0689. The van der Waals surface area contributed by atoms with E-state index in [1.165, 1.54) is 22.9 Å². The Kier molecular flexibility index (Phi) is 4.31. The predicted molar refractivity (Wildman–Crippen MR) is 70.3 cm³/mol. The van der Waals surface area contributed by atoms with Crippen molar-refractivity contribution in [3.05, 3.63) is 46.0 Å². The van der Waals surface area contributed by atoms with E-state index < -0.39 is 11.8 Å². The SMILES string of the molecule is NCCc1c(C(=O)O)nnn1Cc1ccc(F)cc1Cl. The van der Waals surface area contributed by atoms with Crippen LogP contribution in [0, 0.1) is 5.82 Å². The Labute approximate surface area is 119 Å². The van der Waals surface area contributed by atoms with Crippen LogP contribution < -0.4 is 5.73 Å². The summed E-state index contributed by atoms with van der Waals surface area (Å²) in [4.78, 5) is 11.0. The molecule has 2 rings (SSSR count). The number of carboxylic acid groups (broad SMARTS) is 1. The molecule has 0 saturated heterocycles. The minimum Gasteiger partial charge on any atom is -0.476 e. The largest absolute Gasteiger partial charge is 0.476 e. The lowest BCUT2D eigenvalue weighted by Gasteiger charge is -2.08. The first-order valence-corrected chi connectivity index (χ1v) is 6.20. The van der Waals surface area contributed by atoms with Crippen LogP contribution >= 0.6 is 11.6 Å². The van der Waals surface area contributed by atoms with Crippen molar-refractivity contribution in [2.24, 2.45) is 5.73 Å². The van der Waals surface area contributed by atoms with Crippen LogP contribution in [0.1, 0.15) is 21.7 Å². The highest BCUT2D eigenvalue weighted by molar-refractivity contribution is 6.31. The first kappa shape index (κ1) is 14.4. The molecule has 0 spiro atoms. The molecule has 1 heterocycles. The van der Waals surface area contributed by atoms with Crippen LogP contribution in [0.15, 0.2) is 18.2 Å². The van der Waals surface area contributed by atoms with Crippen LogP contribution in [0.5, 0.6) is 0 Å². The fourth-order valence-electron chi connectivity index (χ4n) is 1.82. The third-order valence-corrected chi connectivity index (χ3v) is 3.11. The Balaban J connectivity index is 2.35. The zero-order valence-corrected chi connectivity index (χ0v) is 11.1. The van der Waals surface area contributed by atoms with E-state index in [-0.39, 0.29) is 23.8 Å². The summed E-state index contributed by atoms with van der Waals surface area (Å²) in [6, 6.07) is 3.99. The van der Waals surface area contributed by atoms with E-state index in [9.17, 15) is 9.18 Å². The summed E-state index contributed by atoms with van der Waals surface area (Å²) in [5, 5.41) is 16.7. The van der Waals surface area contributed by atoms with Crippen LogP contribution in [-0.4, -0.2) is 32.6 Å². The normalized spacial score (nSPS) is 10.8. The standard InChI is InChI=1S/C12H12ClFN4O2/c13-9-5-8(14)2-1-7(9)6-18-10(3-4-15)11(12(19)20)16-17-18/h1-2,5H,3-4,6,15H2,(H,19,20). The van der Waals surface area contributed by atoms with Crippen LogP contribution in [0.3, 0.4) is 0 Å². The molecule has 0 aliphatic rings. The Morgan fingerprint density at radius 2 is 2.25 bits per heavy atom. The number of benzene rings is 1. The number of aromatic nitrogens is 3. The average molecular weight is 299 g/mol. The van der Waals surface area contributed by atoms with Gasteiger partial charge in [-0.1, -0.05) is 22.9 Å². The number of nitrogens with zero attached hydrogens (tertiary/aromatic N) is 3. The summed E-state index contributed by atoms with van der Waals surface area (Å²) in [6.45, 7) is 0.472. The van der Waals surface area contributed by atoms with Crippen molar-refractivity contribution in [2.75, 3.05) is 6.54 Å². The van der Waals surface area contributed by atoms with Crippen LogP contribution in [0.25, 0.3) is 0 Å². The Bertz CT molecular complexity index is 644. The summed E-state index contributed by atoms with van der Waals surface area (Å²) in [7, 11) is 0. The molecule has 0 saturated carbocycles. The molecular weight excluding hydrogens is 287 g/mol. The van der Waals surface area contributed by atoms with Gasteiger partial charge >= 0.3 is 5.97 Å². The Morgan fingerprint density at radius 3 is 2.85 bits per heavy atom. The van der Waals surface area contributed by atoms with Crippen molar-refractivity contribution < 1.29 is 14.3 Å². The Morgan fingerprint density at radius 1 is 1.50 bits per heavy atom. The molecule has 6 nitrogen and oxygen atoms in total.